The second-order valence-electron chi connectivity index (χ2n) is 6.98. The van der Waals surface area contributed by atoms with Crippen LogP contribution >= 0.6 is 0 Å². The maximum absolute atomic E-state index is 12.3. The lowest BCUT2D eigenvalue weighted by Crippen LogP contribution is -2.08. The molecule has 0 atom stereocenters. The molecule has 166 valence electrons. The number of hydrogen-bond donors (Lipinski definition) is 0. The van der Waals surface area contributed by atoms with Crippen molar-refractivity contribution in [3.63, 3.8) is 0 Å². The number of carbonyl (C=O) groups is 2. The third-order valence-corrected chi connectivity index (χ3v) is 4.75. The van der Waals surface area contributed by atoms with E-state index in [0.717, 1.165) is 5.75 Å². The summed E-state index contributed by atoms with van der Waals surface area (Å²) >= 11 is 0. The number of aliphatic imine (C=N–C) groups is 1. The Balaban J connectivity index is 1.44. The van der Waals surface area contributed by atoms with Crippen molar-refractivity contribution >= 4 is 23.9 Å². The number of hydrogen-bond acceptors (Lipinski definition) is 7. The maximum atomic E-state index is 12.3. The topological polar surface area (TPSA) is 83.4 Å². The number of ether oxygens (including phenoxy) is 4. The Morgan fingerprint density at radius 1 is 0.909 bits per heavy atom. The van der Waals surface area contributed by atoms with Crippen LogP contribution in [0.4, 0.5) is 0 Å². The van der Waals surface area contributed by atoms with Crippen LogP contribution in [0.3, 0.4) is 0 Å². The Labute approximate surface area is 190 Å². The molecule has 3 aromatic carbocycles. The van der Waals surface area contributed by atoms with Gasteiger partial charge in [-0.15, -0.1) is 0 Å². The van der Waals surface area contributed by atoms with Crippen molar-refractivity contribution in [1.29, 1.82) is 0 Å². The van der Waals surface area contributed by atoms with E-state index in [9.17, 15) is 9.59 Å². The Hall–Kier alpha value is -4.39. The van der Waals surface area contributed by atoms with Crippen molar-refractivity contribution in [2.24, 2.45) is 4.99 Å². The molecule has 1 heterocycles. The molecule has 0 unspecified atom stereocenters. The fourth-order valence-electron chi connectivity index (χ4n) is 3.08. The zero-order chi connectivity index (χ0) is 23.2. The van der Waals surface area contributed by atoms with Crippen LogP contribution in [0.15, 0.2) is 83.5 Å². The van der Waals surface area contributed by atoms with E-state index >= 15 is 0 Å². The second-order valence-corrected chi connectivity index (χ2v) is 6.98. The summed E-state index contributed by atoms with van der Waals surface area (Å²) in [6.45, 7) is 2.48. The molecule has 0 aromatic heterocycles. The van der Waals surface area contributed by atoms with Crippen molar-refractivity contribution in [3.05, 3.63) is 95.2 Å². The van der Waals surface area contributed by atoms with E-state index in [4.69, 9.17) is 18.9 Å². The molecule has 0 saturated carbocycles. The summed E-state index contributed by atoms with van der Waals surface area (Å²) in [6.07, 6.45) is 1.61. The maximum Gasteiger partial charge on any atom is 0.363 e. The van der Waals surface area contributed by atoms with Gasteiger partial charge in [0.25, 0.3) is 0 Å². The minimum atomic E-state index is -0.533. The third kappa shape index (κ3) is 5.27. The quantitative estimate of drug-likeness (QED) is 0.300. The predicted octanol–water partition coefficient (Wildman–Crippen LogP) is 4.66. The van der Waals surface area contributed by atoms with E-state index in [-0.39, 0.29) is 11.6 Å². The van der Waals surface area contributed by atoms with Crippen LogP contribution in [-0.4, -0.2) is 31.6 Å². The molecule has 7 heteroatoms. The molecule has 3 aromatic rings. The normalized spacial score (nSPS) is 13.9. The minimum Gasteiger partial charge on any atom is -0.497 e. The summed E-state index contributed by atoms with van der Waals surface area (Å²) in [6, 6.07) is 20.5. The first-order chi connectivity index (χ1) is 16.1. The van der Waals surface area contributed by atoms with E-state index in [0.29, 0.717) is 34.8 Å². The summed E-state index contributed by atoms with van der Waals surface area (Å²) in [5, 5.41) is 0. The van der Waals surface area contributed by atoms with Gasteiger partial charge in [-0.2, -0.15) is 0 Å². The summed E-state index contributed by atoms with van der Waals surface area (Å²) in [7, 11) is 1.56. The number of esters is 2. The Morgan fingerprint density at radius 2 is 1.55 bits per heavy atom. The van der Waals surface area contributed by atoms with Crippen LogP contribution in [0.5, 0.6) is 17.2 Å². The Morgan fingerprint density at radius 3 is 2.18 bits per heavy atom. The van der Waals surface area contributed by atoms with Gasteiger partial charge in [-0.1, -0.05) is 12.1 Å². The molecule has 1 aliphatic rings. The van der Waals surface area contributed by atoms with Crippen molar-refractivity contribution in [1.82, 2.24) is 0 Å². The van der Waals surface area contributed by atoms with E-state index in [1.807, 2.05) is 6.92 Å². The molecular formula is C26H21NO6. The molecule has 0 fully saturated rings. The SMILES string of the molecule is CCOc1ccc(C2=N/C(=C\c3ccc(OC(=O)c4ccc(OC)cc4)cc3)C(=O)O2)cc1. The lowest BCUT2D eigenvalue weighted by Gasteiger charge is -2.05. The Bertz CT molecular complexity index is 1210. The van der Waals surface area contributed by atoms with Gasteiger partial charge in [-0.3, -0.25) is 0 Å². The number of nitrogens with zero attached hydrogens (tertiary/aromatic N) is 1. The van der Waals surface area contributed by atoms with Crippen LogP contribution in [-0.2, 0) is 9.53 Å². The molecule has 0 saturated heterocycles. The predicted molar refractivity (Wildman–Crippen MR) is 123 cm³/mol. The molecule has 0 aliphatic carbocycles. The van der Waals surface area contributed by atoms with Gasteiger partial charge >= 0.3 is 11.9 Å². The lowest BCUT2D eigenvalue weighted by molar-refractivity contribution is -0.129. The molecular weight excluding hydrogens is 422 g/mol. The van der Waals surface area contributed by atoms with Crippen molar-refractivity contribution in [3.8, 4) is 17.2 Å². The molecule has 0 N–H and O–H groups in total. The van der Waals surface area contributed by atoms with Crippen LogP contribution < -0.4 is 14.2 Å². The number of benzene rings is 3. The highest BCUT2D eigenvalue weighted by atomic mass is 16.6. The van der Waals surface area contributed by atoms with E-state index in [1.165, 1.54) is 0 Å². The van der Waals surface area contributed by atoms with Crippen LogP contribution in [0.2, 0.25) is 0 Å². The highest BCUT2D eigenvalue weighted by Crippen LogP contribution is 2.22. The number of cyclic esters (lactones) is 1. The lowest BCUT2D eigenvalue weighted by atomic mass is 10.2. The summed E-state index contributed by atoms with van der Waals surface area (Å²) in [5.41, 5.74) is 1.98. The molecule has 0 amide bonds. The second kappa shape index (κ2) is 9.82. The average molecular weight is 443 g/mol. The monoisotopic (exact) mass is 443 g/mol. The highest BCUT2D eigenvalue weighted by Gasteiger charge is 2.24. The van der Waals surface area contributed by atoms with Crippen LogP contribution in [0.1, 0.15) is 28.4 Å². The van der Waals surface area contributed by atoms with Crippen molar-refractivity contribution in [2.45, 2.75) is 6.92 Å². The standard InChI is InChI=1S/C26H21NO6/c1-3-31-21-14-6-18(7-15-21)24-27-23(26(29)33-24)16-17-4-10-22(11-5-17)32-25(28)19-8-12-20(30-2)13-9-19/h4-16H,3H2,1-2H3/b23-16-. The van der Waals surface area contributed by atoms with Crippen LogP contribution in [0, 0.1) is 0 Å². The molecule has 0 radical (unpaired) electrons. The fraction of sp³-hybridized carbons (Fsp3) is 0.115. The zero-order valence-electron chi connectivity index (χ0n) is 18.1. The minimum absolute atomic E-state index is 0.182. The van der Waals surface area contributed by atoms with Gasteiger partial charge < -0.3 is 18.9 Å². The summed E-state index contributed by atoms with van der Waals surface area (Å²) in [4.78, 5) is 28.8. The number of carbonyl (C=O) groups excluding carboxylic acids is 2. The molecule has 7 nitrogen and oxygen atoms in total. The van der Waals surface area contributed by atoms with Gasteiger partial charge in [0.15, 0.2) is 5.70 Å². The van der Waals surface area contributed by atoms with Gasteiger partial charge in [-0.05, 0) is 79.2 Å². The van der Waals surface area contributed by atoms with Crippen molar-refractivity contribution < 1.29 is 28.5 Å². The third-order valence-electron chi connectivity index (χ3n) is 4.75. The molecule has 4 rings (SSSR count). The zero-order valence-corrected chi connectivity index (χ0v) is 18.1. The Kier molecular flexibility index (Phi) is 6.50. The van der Waals surface area contributed by atoms with Crippen molar-refractivity contribution in [2.75, 3.05) is 13.7 Å². The highest BCUT2D eigenvalue weighted by molar-refractivity contribution is 6.12. The van der Waals surface area contributed by atoms with Crippen LogP contribution in [0.25, 0.3) is 6.08 Å². The molecule has 0 spiro atoms. The van der Waals surface area contributed by atoms with Gasteiger partial charge in [0.2, 0.25) is 5.90 Å². The van der Waals surface area contributed by atoms with E-state index < -0.39 is 11.9 Å². The van der Waals surface area contributed by atoms with Gasteiger partial charge in [0.05, 0.1) is 19.3 Å². The molecule has 1 aliphatic heterocycles. The first-order valence-corrected chi connectivity index (χ1v) is 10.3. The number of rotatable bonds is 7. The molecule has 33 heavy (non-hydrogen) atoms. The average Bonchev–Trinajstić information content (AvgIpc) is 3.21. The molecule has 0 bridgehead atoms. The first-order valence-electron chi connectivity index (χ1n) is 10.3. The number of methoxy groups -OCH3 is 1. The smallest absolute Gasteiger partial charge is 0.363 e. The van der Waals surface area contributed by atoms with E-state index in [2.05, 4.69) is 4.99 Å². The summed E-state index contributed by atoms with van der Waals surface area (Å²) < 4.78 is 21.2. The first kappa shape index (κ1) is 21.8. The summed E-state index contributed by atoms with van der Waals surface area (Å²) in [5.74, 6) is 0.990. The largest absolute Gasteiger partial charge is 0.497 e. The van der Waals surface area contributed by atoms with Gasteiger partial charge in [-0.25, -0.2) is 14.6 Å². The fourth-order valence-corrected chi connectivity index (χ4v) is 3.08. The van der Waals surface area contributed by atoms with Gasteiger partial charge in [0, 0.05) is 5.56 Å². The van der Waals surface area contributed by atoms with E-state index in [1.54, 1.807) is 86.0 Å². The van der Waals surface area contributed by atoms with Gasteiger partial charge in [0.1, 0.15) is 17.2 Å².